The molecule has 1 aromatic carbocycles. The van der Waals surface area contributed by atoms with Crippen molar-refractivity contribution in [3.63, 3.8) is 0 Å². The van der Waals surface area contributed by atoms with Gasteiger partial charge in [-0.05, 0) is 12.1 Å². The maximum atomic E-state index is 12.1. The molecule has 0 saturated carbocycles. The van der Waals surface area contributed by atoms with E-state index in [4.69, 9.17) is 0 Å². The molecular weight excluding hydrogens is 297 g/mol. The number of rotatable bonds is 3. The molecule has 1 aliphatic heterocycles. The zero-order chi connectivity index (χ0) is 13.9. The number of ether oxygens (including phenoxy) is 1. The third-order valence-corrected chi connectivity index (χ3v) is 5.21. The number of carbonyl (C=O) groups is 1. The molecule has 0 bridgehead atoms. The summed E-state index contributed by atoms with van der Waals surface area (Å²) in [4.78, 5) is 12.1. The fourth-order valence-corrected chi connectivity index (χ4v) is 4.31. The second-order valence-electron chi connectivity index (χ2n) is 3.87. The number of carbonyl (C=O) groups excluding carboxylic acids is 1. The Labute approximate surface area is 117 Å². The molecule has 0 spiro atoms. The van der Waals surface area contributed by atoms with Crippen molar-refractivity contribution in [2.75, 3.05) is 17.3 Å². The lowest BCUT2D eigenvalue weighted by molar-refractivity contribution is -0.274. The molecule has 2 nitrogen and oxygen atoms in total. The maximum Gasteiger partial charge on any atom is 0.573 e. The average molecular weight is 308 g/mol. The van der Waals surface area contributed by atoms with Gasteiger partial charge < -0.3 is 4.74 Å². The Hall–Kier alpha value is -0.820. The molecule has 0 N–H and O–H groups in total. The summed E-state index contributed by atoms with van der Waals surface area (Å²) in [5, 5.41) is -0.181. The van der Waals surface area contributed by atoms with Crippen LogP contribution >= 0.6 is 23.5 Å². The molecule has 1 heterocycles. The van der Waals surface area contributed by atoms with Gasteiger partial charge in [0.15, 0.2) is 5.78 Å². The highest BCUT2D eigenvalue weighted by Gasteiger charge is 2.31. The van der Waals surface area contributed by atoms with E-state index in [0.717, 1.165) is 17.6 Å². The summed E-state index contributed by atoms with van der Waals surface area (Å²) in [6.07, 6.45) is -4.74. The minimum atomic E-state index is -4.74. The molecule has 2 rings (SSSR count). The molecular formula is C12H11F3O2S2. The number of Topliss-reactive ketones (excluding diaryl/α,β-unsaturated/α-hetero) is 1. The number of ketones is 1. The van der Waals surface area contributed by atoms with Gasteiger partial charge in [0.2, 0.25) is 0 Å². The lowest BCUT2D eigenvalue weighted by Crippen LogP contribution is -2.24. The quantitative estimate of drug-likeness (QED) is 0.797. The van der Waals surface area contributed by atoms with Crippen LogP contribution in [0.15, 0.2) is 24.3 Å². The van der Waals surface area contributed by atoms with Crippen molar-refractivity contribution in [2.45, 2.75) is 11.6 Å². The van der Waals surface area contributed by atoms with Crippen molar-refractivity contribution in [1.29, 1.82) is 0 Å². The van der Waals surface area contributed by atoms with E-state index in [0.29, 0.717) is 5.75 Å². The largest absolute Gasteiger partial charge is 0.573 e. The van der Waals surface area contributed by atoms with Crippen LogP contribution in [0.1, 0.15) is 10.4 Å². The molecule has 104 valence electrons. The minimum absolute atomic E-state index is 0.134. The van der Waals surface area contributed by atoms with E-state index in [2.05, 4.69) is 4.74 Å². The lowest BCUT2D eigenvalue weighted by Gasteiger charge is -2.20. The molecule has 7 heteroatoms. The van der Waals surface area contributed by atoms with Crippen LogP contribution in [0.25, 0.3) is 0 Å². The first-order chi connectivity index (χ1) is 8.96. The van der Waals surface area contributed by atoms with Crippen molar-refractivity contribution in [1.82, 2.24) is 0 Å². The fraction of sp³-hybridized carbons (Fsp3) is 0.417. The van der Waals surface area contributed by atoms with Gasteiger partial charge in [-0.2, -0.15) is 11.8 Å². The molecule has 0 amide bonds. The summed E-state index contributed by atoms with van der Waals surface area (Å²) in [7, 11) is 0. The van der Waals surface area contributed by atoms with Crippen LogP contribution < -0.4 is 4.74 Å². The van der Waals surface area contributed by atoms with Gasteiger partial charge in [-0.25, -0.2) is 0 Å². The Morgan fingerprint density at radius 3 is 2.74 bits per heavy atom. The van der Waals surface area contributed by atoms with Crippen LogP contribution in [-0.2, 0) is 0 Å². The van der Waals surface area contributed by atoms with Gasteiger partial charge >= 0.3 is 6.36 Å². The van der Waals surface area contributed by atoms with E-state index in [9.17, 15) is 18.0 Å². The molecule has 1 atom stereocenters. The topological polar surface area (TPSA) is 26.3 Å². The summed E-state index contributed by atoms with van der Waals surface area (Å²) in [6.45, 7) is 0. The number of alkyl halides is 3. The smallest absolute Gasteiger partial charge is 0.406 e. The number of hydrogen-bond acceptors (Lipinski definition) is 4. The van der Waals surface area contributed by atoms with Gasteiger partial charge in [-0.1, -0.05) is 12.1 Å². The molecule has 1 saturated heterocycles. The highest BCUT2D eigenvalue weighted by atomic mass is 32.2. The molecule has 0 aliphatic carbocycles. The zero-order valence-corrected chi connectivity index (χ0v) is 11.4. The average Bonchev–Trinajstić information content (AvgIpc) is 2.37. The van der Waals surface area contributed by atoms with Gasteiger partial charge in [0.05, 0.1) is 5.25 Å². The predicted octanol–water partition coefficient (Wildman–Crippen LogP) is 3.62. The molecule has 19 heavy (non-hydrogen) atoms. The van der Waals surface area contributed by atoms with E-state index in [1.54, 1.807) is 23.5 Å². The SMILES string of the molecule is O=C(c1cccc(OC(F)(F)F)c1)C1CSCCS1. The number of hydrogen-bond donors (Lipinski definition) is 0. The summed E-state index contributed by atoms with van der Waals surface area (Å²) < 4.78 is 40.2. The number of benzene rings is 1. The first kappa shape index (κ1) is 14.6. The zero-order valence-electron chi connectivity index (χ0n) is 9.77. The summed E-state index contributed by atoms with van der Waals surface area (Å²) in [5.41, 5.74) is 0.266. The molecule has 1 aliphatic rings. The van der Waals surface area contributed by atoms with Crippen LogP contribution in [0.2, 0.25) is 0 Å². The summed E-state index contributed by atoms with van der Waals surface area (Å²) >= 11 is 3.24. The van der Waals surface area contributed by atoms with Crippen molar-refractivity contribution in [3.05, 3.63) is 29.8 Å². The van der Waals surface area contributed by atoms with Gasteiger partial charge in [0, 0.05) is 22.8 Å². The Morgan fingerprint density at radius 1 is 1.32 bits per heavy atom. The fourth-order valence-electron chi connectivity index (χ4n) is 1.67. The lowest BCUT2D eigenvalue weighted by atomic mass is 10.1. The highest BCUT2D eigenvalue weighted by molar-refractivity contribution is 8.07. The van der Waals surface area contributed by atoms with Crippen LogP contribution in [0.3, 0.4) is 0 Å². The van der Waals surface area contributed by atoms with Gasteiger partial charge in [0.25, 0.3) is 0 Å². The molecule has 0 radical (unpaired) electrons. The number of thioether (sulfide) groups is 2. The van der Waals surface area contributed by atoms with Crippen LogP contribution in [-0.4, -0.2) is 34.7 Å². The molecule has 0 aromatic heterocycles. The van der Waals surface area contributed by atoms with Crippen LogP contribution in [0, 0.1) is 0 Å². The predicted molar refractivity (Wildman–Crippen MR) is 71.0 cm³/mol. The second-order valence-corrected chi connectivity index (χ2v) is 6.33. The van der Waals surface area contributed by atoms with Gasteiger partial charge in [0.1, 0.15) is 5.75 Å². The first-order valence-corrected chi connectivity index (χ1v) is 7.75. The first-order valence-electron chi connectivity index (χ1n) is 5.55. The minimum Gasteiger partial charge on any atom is -0.406 e. The normalized spacial score (nSPS) is 20.1. The molecule has 1 fully saturated rings. The number of halogens is 3. The highest BCUT2D eigenvalue weighted by Crippen LogP contribution is 2.29. The Morgan fingerprint density at radius 2 is 2.11 bits per heavy atom. The molecule has 1 unspecified atom stereocenters. The van der Waals surface area contributed by atoms with Gasteiger partial charge in [-0.3, -0.25) is 4.79 Å². The Bertz CT molecular complexity index is 457. The third kappa shape index (κ3) is 4.35. The summed E-state index contributed by atoms with van der Waals surface area (Å²) in [6, 6.07) is 5.25. The maximum absolute atomic E-state index is 12.1. The Balaban J connectivity index is 2.11. The van der Waals surface area contributed by atoms with Crippen molar-refractivity contribution in [3.8, 4) is 5.75 Å². The van der Waals surface area contributed by atoms with Crippen molar-refractivity contribution < 1.29 is 22.7 Å². The van der Waals surface area contributed by atoms with Crippen LogP contribution in [0.4, 0.5) is 13.2 Å². The van der Waals surface area contributed by atoms with E-state index < -0.39 is 6.36 Å². The van der Waals surface area contributed by atoms with Crippen molar-refractivity contribution in [2.24, 2.45) is 0 Å². The van der Waals surface area contributed by atoms with E-state index in [-0.39, 0.29) is 22.3 Å². The Kier molecular flexibility index (Phi) is 4.67. The van der Waals surface area contributed by atoms with Gasteiger partial charge in [-0.15, -0.1) is 24.9 Å². The summed E-state index contributed by atoms with van der Waals surface area (Å²) in [5.74, 6) is 2.11. The van der Waals surface area contributed by atoms with Crippen LogP contribution in [0.5, 0.6) is 5.75 Å². The van der Waals surface area contributed by atoms with E-state index >= 15 is 0 Å². The second kappa shape index (κ2) is 6.09. The standard InChI is InChI=1S/C12H11F3O2S2/c13-12(14,15)17-9-3-1-2-8(6-9)11(16)10-7-18-4-5-19-10/h1-3,6,10H,4-5,7H2. The third-order valence-electron chi connectivity index (χ3n) is 2.46. The van der Waals surface area contributed by atoms with E-state index in [1.807, 2.05) is 0 Å². The monoisotopic (exact) mass is 308 g/mol. The van der Waals surface area contributed by atoms with E-state index in [1.165, 1.54) is 18.2 Å². The molecule has 1 aromatic rings. The van der Waals surface area contributed by atoms with Crippen molar-refractivity contribution >= 4 is 29.3 Å².